The number of thiazole rings is 1. The van der Waals surface area contributed by atoms with Gasteiger partial charge in [0.1, 0.15) is 10.7 Å². The van der Waals surface area contributed by atoms with E-state index in [-0.39, 0.29) is 10.0 Å². The molecular weight excluding hydrogens is 327 g/mol. The second-order valence-corrected chi connectivity index (χ2v) is 7.01. The van der Waals surface area contributed by atoms with Crippen LogP contribution in [0.2, 0.25) is 0 Å². The van der Waals surface area contributed by atoms with Gasteiger partial charge in [-0.25, -0.2) is 17.8 Å². The van der Waals surface area contributed by atoms with Crippen LogP contribution >= 0.6 is 11.3 Å². The summed E-state index contributed by atoms with van der Waals surface area (Å²) in [6, 6.07) is 6.19. The summed E-state index contributed by atoms with van der Waals surface area (Å²) >= 11 is 1.09. The number of rotatable bonds is 4. The molecule has 6 nitrogen and oxygen atoms in total. The first kappa shape index (κ1) is 14.7. The SMILES string of the molecule is Cn1cc(S(=O)(=O)Nc2nc(-c3ccccc3F)cs2)cn1. The molecule has 0 unspecified atom stereocenters. The molecule has 114 valence electrons. The molecule has 0 saturated carbocycles. The summed E-state index contributed by atoms with van der Waals surface area (Å²) in [6.07, 6.45) is 2.63. The van der Waals surface area contributed by atoms with Crippen molar-refractivity contribution in [3.63, 3.8) is 0 Å². The van der Waals surface area contributed by atoms with Crippen molar-refractivity contribution < 1.29 is 12.8 Å². The number of halogens is 1. The molecular formula is C13H11FN4O2S2. The van der Waals surface area contributed by atoms with Crippen molar-refractivity contribution in [3.05, 3.63) is 47.9 Å². The van der Waals surface area contributed by atoms with Crippen molar-refractivity contribution in [2.75, 3.05) is 4.72 Å². The van der Waals surface area contributed by atoms with Crippen LogP contribution in [-0.2, 0) is 17.1 Å². The lowest BCUT2D eigenvalue weighted by Crippen LogP contribution is -2.12. The predicted molar refractivity (Wildman–Crippen MR) is 81.5 cm³/mol. The molecule has 0 fully saturated rings. The Morgan fingerprint density at radius 2 is 2.09 bits per heavy atom. The fraction of sp³-hybridized carbons (Fsp3) is 0.0769. The minimum atomic E-state index is -3.75. The second-order valence-electron chi connectivity index (χ2n) is 4.47. The number of benzene rings is 1. The Morgan fingerprint density at radius 1 is 1.32 bits per heavy atom. The van der Waals surface area contributed by atoms with Crippen LogP contribution in [0.1, 0.15) is 0 Å². The van der Waals surface area contributed by atoms with Gasteiger partial charge in [0.2, 0.25) is 0 Å². The zero-order valence-corrected chi connectivity index (χ0v) is 13.0. The molecule has 3 rings (SSSR count). The van der Waals surface area contributed by atoms with Gasteiger partial charge in [-0.3, -0.25) is 9.40 Å². The van der Waals surface area contributed by atoms with Gasteiger partial charge in [0.05, 0.1) is 11.9 Å². The summed E-state index contributed by atoms with van der Waals surface area (Å²) in [5, 5.41) is 5.59. The van der Waals surface area contributed by atoms with Crippen molar-refractivity contribution in [1.29, 1.82) is 0 Å². The topological polar surface area (TPSA) is 76.9 Å². The minimum Gasteiger partial charge on any atom is -0.274 e. The highest BCUT2D eigenvalue weighted by Crippen LogP contribution is 2.28. The Morgan fingerprint density at radius 3 is 2.77 bits per heavy atom. The van der Waals surface area contributed by atoms with Crippen molar-refractivity contribution in [2.45, 2.75) is 4.90 Å². The van der Waals surface area contributed by atoms with Gasteiger partial charge in [-0.2, -0.15) is 5.10 Å². The second kappa shape index (κ2) is 5.50. The number of hydrogen-bond donors (Lipinski definition) is 1. The van der Waals surface area contributed by atoms with Gasteiger partial charge < -0.3 is 0 Å². The Kier molecular flexibility index (Phi) is 3.67. The predicted octanol–water partition coefficient (Wildman–Crippen LogP) is 2.48. The first-order chi connectivity index (χ1) is 10.5. The number of nitrogens with one attached hydrogen (secondary N) is 1. The summed E-state index contributed by atoms with van der Waals surface area (Å²) in [5.41, 5.74) is 0.706. The molecule has 0 aliphatic carbocycles. The number of hydrogen-bond acceptors (Lipinski definition) is 5. The molecule has 0 saturated heterocycles. The maximum Gasteiger partial charge on any atom is 0.266 e. The molecule has 0 aliphatic heterocycles. The van der Waals surface area contributed by atoms with Gasteiger partial charge in [0.25, 0.3) is 10.0 Å². The fourth-order valence-electron chi connectivity index (χ4n) is 1.82. The largest absolute Gasteiger partial charge is 0.274 e. The van der Waals surface area contributed by atoms with Crippen molar-refractivity contribution in [1.82, 2.24) is 14.8 Å². The van der Waals surface area contributed by atoms with Crippen LogP contribution in [0.3, 0.4) is 0 Å². The van der Waals surface area contributed by atoms with Crippen molar-refractivity contribution in [3.8, 4) is 11.3 Å². The lowest BCUT2D eigenvalue weighted by molar-refractivity contribution is 0.601. The molecule has 2 heterocycles. The molecule has 1 N–H and O–H groups in total. The Bertz CT molecular complexity index is 918. The monoisotopic (exact) mass is 338 g/mol. The highest BCUT2D eigenvalue weighted by Gasteiger charge is 2.18. The van der Waals surface area contributed by atoms with Crippen LogP contribution in [-0.4, -0.2) is 23.2 Å². The molecule has 0 radical (unpaired) electrons. The van der Waals surface area contributed by atoms with Gasteiger partial charge in [-0.1, -0.05) is 12.1 Å². The van der Waals surface area contributed by atoms with Gasteiger partial charge in [-0.15, -0.1) is 11.3 Å². The number of anilines is 1. The highest BCUT2D eigenvalue weighted by molar-refractivity contribution is 7.93. The molecule has 0 bridgehead atoms. The smallest absolute Gasteiger partial charge is 0.266 e. The third-order valence-electron chi connectivity index (χ3n) is 2.87. The van der Waals surface area contributed by atoms with Crippen LogP contribution in [0.5, 0.6) is 0 Å². The summed E-state index contributed by atoms with van der Waals surface area (Å²) in [4.78, 5) is 4.16. The van der Waals surface area contributed by atoms with Crippen LogP contribution in [0.15, 0.2) is 46.9 Å². The van der Waals surface area contributed by atoms with E-state index in [9.17, 15) is 12.8 Å². The van der Waals surface area contributed by atoms with Gasteiger partial charge in [0, 0.05) is 24.2 Å². The first-order valence-corrected chi connectivity index (χ1v) is 8.54. The maximum atomic E-state index is 13.7. The maximum absolute atomic E-state index is 13.7. The van der Waals surface area contributed by atoms with Crippen LogP contribution in [0, 0.1) is 5.82 Å². The standard InChI is InChI=1S/C13H11FN4O2S2/c1-18-7-9(6-15-18)22(19,20)17-13-16-12(8-21-13)10-4-2-3-5-11(10)14/h2-8H,1H3,(H,16,17). The molecule has 0 aliphatic rings. The van der Waals surface area contributed by atoms with Crippen LogP contribution in [0.4, 0.5) is 9.52 Å². The van der Waals surface area contributed by atoms with Gasteiger partial charge in [-0.05, 0) is 12.1 Å². The third kappa shape index (κ3) is 2.85. The number of aryl methyl sites for hydroxylation is 1. The Labute approximate surface area is 130 Å². The van der Waals surface area contributed by atoms with Crippen molar-refractivity contribution in [2.24, 2.45) is 7.05 Å². The molecule has 0 spiro atoms. The summed E-state index contributed by atoms with van der Waals surface area (Å²) in [6.45, 7) is 0. The van der Waals surface area contributed by atoms with E-state index < -0.39 is 15.8 Å². The Hall–Kier alpha value is -2.26. The third-order valence-corrected chi connectivity index (χ3v) is 5.05. The molecule has 9 heteroatoms. The van der Waals surface area contributed by atoms with E-state index in [2.05, 4.69) is 14.8 Å². The molecule has 1 aromatic carbocycles. The molecule has 3 aromatic rings. The summed E-state index contributed by atoms with van der Waals surface area (Å²) in [5.74, 6) is -0.408. The van der Waals surface area contributed by atoms with E-state index in [0.29, 0.717) is 11.3 Å². The van der Waals surface area contributed by atoms with E-state index in [1.54, 1.807) is 30.6 Å². The lowest BCUT2D eigenvalue weighted by atomic mass is 10.2. The van der Waals surface area contributed by atoms with Crippen LogP contribution < -0.4 is 4.72 Å². The number of aromatic nitrogens is 3. The van der Waals surface area contributed by atoms with Gasteiger partial charge in [0.15, 0.2) is 5.13 Å². The van der Waals surface area contributed by atoms with Crippen molar-refractivity contribution >= 4 is 26.5 Å². The Balaban J connectivity index is 1.88. The summed E-state index contributed by atoms with van der Waals surface area (Å²) in [7, 11) is -2.13. The molecule has 0 amide bonds. The van der Waals surface area contributed by atoms with Crippen LogP contribution in [0.25, 0.3) is 11.3 Å². The highest BCUT2D eigenvalue weighted by atomic mass is 32.2. The van der Waals surface area contributed by atoms with E-state index in [1.165, 1.54) is 23.1 Å². The minimum absolute atomic E-state index is 0.0395. The van der Waals surface area contributed by atoms with Gasteiger partial charge >= 0.3 is 0 Å². The van der Waals surface area contributed by atoms with E-state index >= 15 is 0 Å². The van der Waals surface area contributed by atoms with E-state index in [0.717, 1.165) is 11.3 Å². The molecule has 0 atom stereocenters. The molecule has 22 heavy (non-hydrogen) atoms. The fourth-order valence-corrected chi connectivity index (χ4v) is 3.77. The number of nitrogens with zero attached hydrogens (tertiary/aromatic N) is 3. The average Bonchev–Trinajstić information content (AvgIpc) is 3.08. The first-order valence-electron chi connectivity index (χ1n) is 6.17. The summed E-state index contributed by atoms with van der Waals surface area (Å²) < 4.78 is 41.8. The zero-order valence-electron chi connectivity index (χ0n) is 11.4. The van der Waals surface area contributed by atoms with E-state index in [1.807, 2.05) is 0 Å². The zero-order chi connectivity index (χ0) is 15.7. The average molecular weight is 338 g/mol. The quantitative estimate of drug-likeness (QED) is 0.793. The van der Waals surface area contributed by atoms with E-state index in [4.69, 9.17) is 0 Å². The lowest BCUT2D eigenvalue weighted by Gasteiger charge is -2.02. The number of sulfonamides is 1. The normalized spacial score (nSPS) is 11.5. The molecule has 2 aromatic heterocycles.